The van der Waals surface area contributed by atoms with E-state index in [1.165, 1.54) is 5.56 Å². The molecule has 2 N–H and O–H groups in total. The second-order valence-corrected chi connectivity index (χ2v) is 5.45. The van der Waals surface area contributed by atoms with Crippen molar-refractivity contribution in [3.8, 4) is 17.2 Å². The first-order valence-corrected chi connectivity index (χ1v) is 6.72. The van der Waals surface area contributed by atoms with Gasteiger partial charge in [-0.25, -0.2) is 0 Å². The van der Waals surface area contributed by atoms with Gasteiger partial charge in [0.2, 0.25) is 0 Å². The fraction of sp³-hybridized carbons (Fsp3) is 0.294. The molecule has 0 radical (unpaired) electrons. The lowest BCUT2D eigenvalue weighted by Crippen LogP contribution is -2.37. The van der Waals surface area contributed by atoms with Gasteiger partial charge in [-0.05, 0) is 57.2 Å². The van der Waals surface area contributed by atoms with Crippen LogP contribution in [-0.4, -0.2) is 12.1 Å². The first-order chi connectivity index (χ1) is 9.48. The molecule has 20 heavy (non-hydrogen) atoms. The number of rotatable bonds is 5. The Bertz CT molecular complexity index is 544. The molecule has 0 amide bonds. The molecule has 0 aliphatic heterocycles. The molecule has 2 aromatic carbocycles. The molecular weight excluding hydrogens is 250 g/mol. The van der Waals surface area contributed by atoms with Gasteiger partial charge >= 0.3 is 0 Å². The topological polar surface area (TPSA) is 44.5 Å². The van der Waals surface area contributed by atoms with Gasteiger partial charge in [-0.2, -0.15) is 0 Å². The van der Waals surface area contributed by atoms with E-state index in [-0.39, 0.29) is 5.60 Å². The fourth-order valence-corrected chi connectivity index (χ4v) is 1.68. The summed E-state index contributed by atoms with van der Waals surface area (Å²) in [5, 5.41) is 0. The van der Waals surface area contributed by atoms with Crippen LogP contribution in [0.25, 0.3) is 0 Å². The monoisotopic (exact) mass is 271 g/mol. The summed E-state index contributed by atoms with van der Waals surface area (Å²) in [6.07, 6.45) is 0. The molecule has 0 aliphatic carbocycles. The van der Waals surface area contributed by atoms with Gasteiger partial charge in [-0.1, -0.05) is 17.7 Å². The Morgan fingerprint density at radius 1 is 0.850 bits per heavy atom. The highest BCUT2D eigenvalue weighted by atomic mass is 16.5. The van der Waals surface area contributed by atoms with Crippen molar-refractivity contribution in [3.05, 3.63) is 54.1 Å². The Labute approximate surface area is 120 Å². The van der Waals surface area contributed by atoms with Gasteiger partial charge < -0.3 is 15.2 Å². The van der Waals surface area contributed by atoms with E-state index >= 15 is 0 Å². The summed E-state index contributed by atoms with van der Waals surface area (Å²) in [6.45, 7) is 6.44. The maximum Gasteiger partial charge on any atom is 0.127 e. The summed E-state index contributed by atoms with van der Waals surface area (Å²) in [7, 11) is 0. The van der Waals surface area contributed by atoms with Gasteiger partial charge in [-0.3, -0.25) is 0 Å². The average molecular weight is 271 g/mol. The molecular formula is C17H21NO2. The van der Waals surface area contributed by atoms with E-state index < -0.39 is 0 Å². The summed E-state index contributed by atoms with van der Waals surface area (Å²) < 4.78 is 11.6. The van der Waals surface area contributed by atoms with Crippen LogP contribution in [0, 0.1) is 6.92 Å². The third-order valence-corrected chi connectivity index (χ3v) is 2.97. The van der Waals surface area contributed by atoms with Gasteiger partial charge in [0.15, 0.2) is 0 Å². The van der Waals surface area contributed by atoms with Crippen LogP contribution in [-0.2, 0) is 0 Å². The normalized spacial score (nSPS) is 11.2. The molecule has 0 fully saturated rings. The minimum Gasteiger partial charge on any atom is -0.487 e. The van der Waals surface area contributed by atoms with Crippen LogP contribution in [0.4, 0.5) is 0 Å². The van der Waals surface area contributed by atoms with Crippen molar-refractivity contribution in [2.45, 2.75) is 26.4 Å². The largest absolute Gasteiger partial charge is 0.487 e. The lowest BCUT2D eigenvalue weighted by Gasteiger charge is -2.24. The van der Waals surface area contributed by atoms with E-state index in [0.29, 0.717) is 6.54 Å². The number of hydrogen-bond acceptors (Lipinski definition) is 3. The van der Waals surface area contributed by atoms with Crippen molar-refractivity contribution in [3.63, 3.8) is 0 Å². The summed E-state index contributed by atoms with van der Waals surface area (Å²) in [5.41, 5.74) is 6.50. The van der Waals surface area contributed by atoms with Crippen LogP contribution in [0.15, 0.2) is 48.5 Å². The third-order valence-electron chi connectivity index (χ3n) is 2.97. The Balaban J connectivity index is 2.03. The molecule has 106 valence electrons. The van der Waals surface area contributed by atoms with Crippen molar-refractivity contribution in [1.29, 1.82) is 0 Å². The quantitative estimate of drug-likeness (QED) is 0.897. The van der Waals surface area contributed by atoms with Crippen LogP contribution in [0.1, 0.15) is 19.4 Å². The van der Waals surface area contributed by atoms with E-state index in [2.05, 4.69) is 6.92 Å². The van der Waals surface area contributed by atoms with Crippen molar-refractivity contribution < 1.29 is 9.47 Å². The van der Waals surface area contributed by atoms with Gasteiger partial charge in [0, 0.05) is 6.54 Å². The molecule has 2 aromatic rings. The van der Waals surface area contributed by atoms with Crippen LogP contribution in [0.2, 0.25) is 0 Å². The molecule has 0 atom stereocenters. The minimum atomic E-state index is -0.362. The Morgan fingerprint density at radius 3 is 1.80 bits per heavy atom. The van der Waals surface area contributed by atoms with Gasteiger partial charge in [0.25, 0.3) is 0 Å². The smallest absolute Gasteiger partial charge is 0.127 e. The molecule has 0 heterocycles. The Morgan fingerprint density at radius 2 is 1.30 bits per heavy atom. The lowest BCUT2D eigenvalue weighted by molar-refractivity contribution is 0.118. The zero-order valence-corrected chi connectivity index (χ0v) is 12.2. The van der Waals surface area contributed by atoms with Crippen molar-refractivity contribution >= 4 is 0 Å². The van der Waals surface area contributed by atoms with Crippen molar-refractivity contribution in [2.75, 3.05) is 6.54 Å². The number of benzene rings is 2. The first-order valence-electron chi connectivity index (χ1n) is 6.72. The number of aryl methyl sites for hydroxylation is 1. The predicted molar refractivity (Wildman–Crippen MR) is 81.5 cm³/mol. The first kappa shape index (κ1) is 14.4. The van der Waals surface area contributed by atoms with Crippen molar-refractivity contribution in [2.24, 2.45) is 5.73 Å². The van der Waals surface area contributed by atoms with Crippen molar-refractivity contribution in [1.82, 2.24) is 0 Å². The molecule has 0 aliphatic rings. The molecule has 0 saturated carbocycles. The second kappa shape index (κ2) is 5.97. The predicted octanol–water partition coefficient (Wildman–Crippen LogP) is 3.90. The van der Waals surface area contributed by atoms with E-state index in [1.807, 2.05) is 62.4 Å². The zero-order chi connectivity index (χ0) is 14.6. The highest BCUT2D eigenvalue weighted by Gasteiger charge is 2.16. The van der Waals surface area contributed by atoms with Crippen LogP contribution >= 0.6 is 0 Å². The third kappa shape index (κ3) is 4.00. The van der Waals surface area contributed by atoms with E-state index in [0.717, 1.165) is 17.2 Å². The highest BCUT2D eigenvalue weighted by Crippen LogP contribution is 2.25. The molecule has 3 heteroatoms. The molecule has 0 spiro atoms. The Hall–Kier alpha value is -2.00. The molecule has 0 saturated heterocycles. The summed E-state index contributed by atoms with van der Waals surface area (Å²) in [5.74, 6) is 2.40. The second-order valence-electron chi connectivity index (χ2n) is 5.45. The zero-order valence-electron chi connectivity index (χ0n) is 12.2. The van der Waals surface area contributed by atoms with Crippen LogP contribution < -0.4 is 15.2 Å². The molecule has 3 nitrogen and oxygen atoms in total. The number of nitrogens with two attached hydrogens (primary N) is 1. The van der Waals surface area contributed by atoms with E-state index in [1.54, 1.807) is 0 Å². The number of hydrogen-bond donors (Lipinski definition) is 1. The summed E-state index contributed by atoms with van der Waals surface area (Å²) >= 11 is 0. The van der Waals surface area contributed by atoms with Gasteiger partial charge in [-0.15, -0.1) is 0 Å². The molecule has 0 bridgehead atoms. The molecule has 2 rings (SSSR count). The summed E-state index contributed by atoms with van der Waals surface area (Å²) in [4.78, 5) is 0. The number of ether oxygens (including phenoxy) is 2. The van der Waals surface area contributed by atoms with Gasteiger partial charge in [0.05, 0.1) is 0 Å². The highest BCUT2D eigenvalue weighted by molar-refractivity contribution is 5.36. The standard InChI is InChI=1S/C17H21NO2/c1-13-4-6-14(7-5-13)19-15-8-10-16(11-9-15)20-17(2,3)12-18/h4-11H,12,18H2,1-3H3. The van der Waals surface area contributed by atoms with E-state index in [9.17, 15) is 0 Å². The summed E-state index contributed by atoms with van der Waals surface area (Å²) in [6, 6.07) is 15.5. The molecule has 0 unspecified atom stereocenters. The van der Waals surface area contributed by atoms with Crippen LogP contribution in [0.5, 0.6) is 17.2 Å². The fourth-order valence-electron chi connectivity index (χ4n) is 1.68. The maximum absolute atomic E-state index is 5.79. The minimum absolute atomic E-state index is 0.362. The molecule has 0 aromatic heterocycles. The van der Waals surface area contributed by atoms with E-state index in [4.69, 9.17) is 15.2 Å². The maximum atomic E-state index is 5.79. The SMILES string of the molecule is Cc1ccc(Oc2ccc(OC(C)(C)CN)cc2)cc1. The Kier molecular flexibility index (Phi) is 4.30. The van der Waals surface area contributed by atoms with Crippen LogP contribution in [0.3, 0.4) is 0 Å². The van der Waals surface area contributed by atoms with Gasteiger partial charge in [0.1, 0.15) is 22.8 Å². The lowest BCUT2D eigenvalue weighted by atomic mass is 10.1. The average Bonchev–Trinajstić information content (AvgIpc) is 2.43.